The lowest BCUT2D eigenvalue weighted by atomic mass is 10.1. The Bertz CT molecular complexity index is 2450. The highest BCUT2D eigenvalue weighted by Crippen LogP contribution is 2.46. The van der Waals surface area contributed by atoms with Crippen molar-refractivity contribution in [2.45, 2.75) is 12.4 Å². The Morgan fingerprint density at radius 2 is 0.771 bits per heavy atom. The van der Waals surface area contributed by atoms with Crippen molar-refractivity contribution in [1.29, 1.82) is 0 Å². The average molecular weight is 753 g/mol. The van der Waals surface area contributed by atoms with Gasteiger partial charge in [0.05, 0.1) is 39.7 Å². The minimum absolute atomic E-state index is 0.535. The van der Waals surface area contributed by atoms with Crippen LogP contribution in [0.15, 0.2) is 72.8 Å². The number of fused-ring (bicyclic) bond motifs is 6. The number of rotatable bonds is 2. The van der Waals surface area contributed by atoms with Crippen molar-refractivity contribution in [1.82, 2.24) is 0 Å². The lowest BCUT2D eigenvalue weighted by Gasteiger charge is -2.05. The summed E-state index contributed by atoms with van der Waals surface area (Å²) < 4.78 is 86.5. The molecule has 0 saturated heterocycles. The van der Waals surface area contributed by atoms with Crippen LogP contribution in [0.1, 0.15) is 41.8 Å². The number of thiophene rings is 6. The second kappa shape index (κ2) is 11.9. The van der Waals surface area contributed by atoms with Gasteiger partial charge in [0.2, 0.25) is 0 Å². The summed E-state index contributed by atoms with van der Waals surface area (Å²) in [6.07, 6.45) is -4.47. The van der Waals surface area contributed by atoms with Gasteiger partial charge in [-0.05, 0) is 84.9 Å². The maximum absolute atomic E-state index is 12.8. The highest BCUT2D eigenvalue weighted by Gasteiger charge is 2.30. The summed E-state index contributed by atoms with van der Waals surface area (Å²) >= 11 is 10.1. The van der Waals surface area contributed by atoms with E-state index in [1.54, 1.807) is 68.0 Å². The first-order valence-electron chi connectivity index (χ1n) is 13.9. The average Bonchev–Trinajstić information content (AvgIpc) is 3.87. The molecule has 0 atom stereocenters. The minimum Gasteiger partial charge on any atom is -0.166 e. The molecule has 6 aromatic heterocycles. The van der Waals surface area contributed by atoms with Crippen LogP contribution in [-0.4, -0.2) is 0 Å². The Morgan fingerprint density at radius 1 is 0.417 bits per heavy atom. The molecule has 0 N–H and O–H groups in total. The van der Waals surface area contributed by atoms with Gasteiger partial charge in [0.15, 0.2) is 0 Å². The van der Waals surface area contributed by atoms with Crippen LogP contribution < -0.4 is 0 Å². The lowest BCUT2D eigenvalue weighted by Crippen LogP contribution is -2.04. The summed E-state index contributed by atoms with van der Waals surface area (Å²) in [6, 6.07) is 18.2. The zero-order valence-electron chi connectivity index (χ0n) is 23.8. The van der Waals surface area contributed by atoms with E-state index in [1.807, 2.05) is 12.1 Å². The quantitative estimate of drug-likeness (QED) is 0.122. The first kappa shape index (κ1) is 31.4. The first-order valence-corrected chi connectivity index (χ1v) is 18.8. The van der Waals surface area contributed by atoms with Gasteiger partial charge >= 0.3 is 12.4 Å². The van der Waals surface area contributed by atoms with Crippen LogP contribution in [0.5, 0.6) is 0 Å². The highest BCUT2D eigenvalue weighted by atomic mass is 32.1. The topological polar surface area (TPSA) is 0 Å². The number of hydrogen-bond acceptors (Lipinski definition) is 6. The van der Waals surface area contributed by atoms with Crippen LogP contribution in [0.2, 0.25) is 0 Å². The largest absolute Gasteiger partial charge is 0.416 e. The number of alkyl halides is 6. The van der Waals surface area contributed by atoms with Gasteiger partial charge in [-0.25, -0.2) is 0 Å². The molecule has 0 nitrogen and oxygen atoms in total. The Labute approximate surface area is 292 Å². The van der Waals surface area contributed by atoms with Crippen molar-refractivity contribution in [3.63, 3.8) is 0 Å². The van der Waals surface area contributed by atoms with E-state index in [0.717, 1.165) is 53.2 Å². The van der Waals surface area contributed by atoms with Crippen LogP contribution in [0.3, 0.4) is 0 Å². The Kier molecular flexibility index (Phi) is 7.79. The summed E-state index contributed by atoms with van der Waals surface area (Å²) in [7, 11) is 0. The summed E-state index contributed by atoms with van der Waals surface area (Å²) in [6.45, 7) is 0. The standard InChI is InChI=1S/C36H14F6S6/c37-35(38,39)21-7-1-19(2-8-21)5-11-23-15-27-31(43-23)33-29(47-27)17-25(45-33)13-14-26-18-30-34(46-26)32-28(48-30)16-24(44-32)12-6-20-3-9-22(10-4-20)36(40,41)42/h1-4,7-10,13-18H/b14-13+. The molecule has 0 saturated carbocycles. The van der Waals surface area contributed by atoms with Crippen LogP contribution in [0.25, 0.3) is 49.8 Å². The van der Waals surface area contributed by atoms with Crippen molar-refractivity contribution >= 4 is 118 Å². The van der Waals surface area contributed by atoms with E-state index in [0.29, 0.717) is 11.1 Å². The molecule has 2 aromatic carbocycles. The molecule has 0 bridgehead atoms. The van der Waals surface area contributed by atoms with Crippen LogP contribution in [-0.2, 0) is 12.4 Å². The van der Waals surface area contributed by atoms with Gasteiger partial charge in [-0.2, -0.15) is 26.3 Å². The van der Waals surface area contributed by atoms with E-state index in [9.17, 15) is 26.3 Å². The second-order valence-corrected chi connectivity index (χ2v) is 16.9. The molecule has 48 heavy (non-hydrogen) atoms. The Morgan fingerprint density at radius 3 is 1.15 bits per heavy atom. The molecule has 236 valence electrons. The smallest absolute Gasteiger partial charge is 0.166 e. The second-order valence-electron chi connectivity index (χ2n) is 10.5. The molecular weight excluding hydrogens is 739 g/mol. The van der Waals surface area contributed by atoms with Gasteiger partial charge in [0.25, 0.3) is 0 Å². The molecule has 0 fully saturated rings. The van der Waals surface area contributed by atoms with E-state index in [-0.39, 0.29) is 0 Å². The van der Waals surface area contributed by atoms with Gasteiger partial charge in [0.1, 0.15) is 0 Å². The zero-order valence-corrected chi connectivity index (χ0v) is 28.7. The summed E-state index contributed by atoms with van der Waals surface area (Å²) in [5.74, 6) is 12.2. The van der Waals surface area contributed by atoms with E-state index in [2.05, 4.69) is 48.0 Å². The molecule has 0 radical (unpaired) electrons. The van der Waals surface area contributed by atoms with E-state index >= 15 is 0 Å². The maximum atomic E-state index is 12.8. The van der Waals surface area contributed by atoms with Crippen LogP contribution in [0, 0.1) is 23.7 Å². The molecule has 0 amide bonds. The third-order valence-electron chi connectivity index (χ3n) is 7.18. The molecule has 0 unspecified atom stereocenters. The fourth-order valence-corrected chi connectivity index (χ4v) is 12.5. The molecule has 6 heterocycles. The predicted octanol–water partition coefficient (Wildman–Crippen LogP) is 13.7. The fourth-order valence-electron chi connectivity index (χ4n) is 4.91. The van der Waals surface area contributed by atoms with Crippen molar-refractivity contribution in [2.24, 2.45) is 0 Å². The van der Waals surface area contributed by atoms with Gasteiger partial charge in [-0.15, -0.1) is 68.0 Å². The van der Waals surface area contributed by atoms with E-state index in [4.69, 9.17) is 0 Å². The molecular formula is C36H14F6S6. The monoisotopic (exact) mass is 752 g/mol. The van der Waals surface area contributed by atoms with Crippen LogP contribution in [0.4, 0.5) is 26.3 Å². The zero-order chi connectivity index (χ0) is 33.2. The summed E-state index contributed by atoms with van der Waals surface area (Å²) in [5, 5.41) is 0. The molecule has 0 aliphatic carbocycles. The predicted molar refractivity (Wildman–Crippen MR) is 194 cm³/mol. The third kappa shape index (κ3) is 6.21. The lowest BCUT2D eigenvalue weighted by molar-refractivity contribution is -0.138. The molecule has 12 heteroatoms. The summed E-state index contributed by atoms with van der Waals surface area (Å²) in [4.78, 5) is 4.03. The molecule has 0 spiro atoms. The molecule has 0 aliphatic rings. The van der Waals surface area contributed by atoms with Crippen molar-refractivity contribution in [2.75, 3.05) is 0 Å². The minimum atomic E-state index is -4.37. The van der Waals surface area contributed by atoms with Gasteiger partial charge in [-0.3, -0.25) is 0 Å². The van der Waals surface area contributed by atoms with Crippen LogP contribution >= 0.6 is 68.0 Å². The highest BCUT2D eigenvalue weighted by molar-refractivity contribution is 7.39. The number of halogens is 6. The van der Waals surface area contributed by atoms with Gasteiger partial charge < -0.3 is 0 Å². The van der Waals surface area contributed by atoms with E-state index in [1.165, 1.54) is 52.5 Å². The molecule has 8 aromatic rings. The molecule has 0 aliphatic heterocycles. The normalized spacial score (nSPS) is 12.4. The Hall–Kier alpha value is -3.88. The molecule has 8 rings (SSSR count). The van der Waals surface area contributed by atoms with Crippen molar-refractivity contribution in [3.05, 3.63) is 115 Å². The van der Waals surface area contributed by atoms with Gasteiger partial charge in [-0.1, -0.05) is 23.7 Å². The van der Waals surface area contributed by atoms with Gasteiger partial charge in [0, 0.05) is 39.7 Å². The van der Waals surface area contributed by atoms with Crippen molar-refractivity contribution < 1.29 is 26.3 Å². The Balaban J connectivity index is 0.988. The van der Waals surface area contributed by atoms with E-state index < -0.39 is 23.5 Å². The third-order valence-corrected chi connectivity index (χ3v) is 14.5. The van der Waals surface area contributed by atoms with Crippen molar-refractivity contribution in [3.8, 4) is 23.7 Å². The number of hydrogen-bond donors (Lipinski definition) is 0. The SMILES string of the molecule is FC(F)(F)c1ccc(C#Cc2cc3sc4cc(/C=C/c5cc6sc7cc(C#Cc8ccc(C(F)(F)F)cc8)sc7c6s5)sc4c3s2)cc1. The number of benzene rings is 2. The fraction of sp³-hybridized carbons (Fsp3) is 0.0556. The summed E-state index contributed by atoms with van der Waals surface area (Å²) in [5.41, 5.74) is -0.306. The maximum Gasteiger partial charge on any atom is 0.416 e. The first-order chi connectivity index (χ1) is 23.0.